The highest BCUT2D eigenvalue weighted by Gasteiger charge is 2.22. The number of nitrogens with zero attached hydrogens (tertiary/aromatic N) is 1. The summed E-state index contributed by atoms with van der Waals surface area (Å²) in [5.41, 5.74) is 14.6. The van der Waals surface area contributed by atoms with Crippen LogP contribution in [0, 0.1) is 27.7 Å². The standard InChI is InChI=1S/C34H27N/c1-20-10-5-11-21(2)30(20)24-14-8-18-28-32(24)26-16-7-17-27-33-25(31-22(3)12-6-13-23(31)4)15-9-19-29(33)35(28)34(26)27/h5-19H,1-4H3. The van der Waals surface area contributed by atoms with Gasteiger partial charge in [-0.25, -0.2) is 0 Å². The SMILES string of the molecule is Cc1cccc(C)c1-c1cccc2c1c1cccc3c4c(-c5c(C)cccc5C)cccc4n2c13. The van der Waals surface area contributed by atoms with Crippen molar-refractivity contribution in [2.75, 3.05) is 0 Å². The molecule has 0 spiro atoms. The lowest BCUT2D eigenvalue weighted by Crippen LogP contribution is -1.90. The van der Waals surface area contributed by atoms with E-state index in [9.17, 15) is 0 Å². The Morgan fingerprint density at radius 1 is 0.429 bits per heavy atom. The maximum atomic E-state index is 2.50. The third-order valence-corrected chi connectivity index (χ3v) is 7.87. The number of aromatic nitrogens is 1. The third kappa shape index (κ3) is 2.64. The minimum Gasteiger partial charge on any atom is -0.308 e. The lowest BCUT2D eigenvalue weighted by atomic mass is 9.91. The molecule has 0 saturated carbocycles. The van der Waals surface area contributed by atoms with Crippen molar-refractivity contribution in [3.05, 3.63) is 113 Å². The number of aryl methyl sites for hydroxylation is 4. The third-order valence-electron chi connectivity index (χ3n) is 7.87. The topological polar surface area (TPSA) is 4.41 Å². The zero-order valence-corrected chi connectivity index (χ0v) is 20.6. The predicted molar refractivity (Wildman–Crippen MR) is 151 cm³/mol. The van der Waals surface area contributed by atoms with Crippen molar-refractivity contribution in [1.82, 2.24) is 4.40 Å². The van der Waals surface area contributed by atoms with Gasteiger partial charge in [0.15, 0.2) is 0 Å². The molecule has 0 unspecified atom stereocenters. The summed E-state index contributed by atoms with van der Waals surface area (Å²) in [4.78, 5) is 0. The zero-order valence-electron chi connectivity index (χ0n) is 20.6. The van der Waals surface area contributed by atoms with Gasteiger partial charge in [0.2, 0.25) is 0 Å². The molecule has 2 heterocycles. The Morgan fingerprint density at radius 2 is 0.800 bits per heavy atom. The number of benzene rings is 5. The molecule has 0 saturated heterocycles. The fourth-order valence-corrected chi connectivity index (χ4v) is 6.47. The van der Waals surface area contributed by atoms with Crippen LogP contribution in [0.25, 0.3) is 60.3 Å². The molecule has 0 radical (unpaired) electrons. The molecule has 0 fully saturated rings. The van der Waals surface area contributed by atoms with E-state index >= 15 is 0 Å². The Balaban J connectivity index is 1.69. The molecule has 7 rings (SSSR count). The van der Waals surface area contributed by atoms with Gasteiger partial charge in [-0.05, 0) is 84.3 Å². The Hall–Kier alpha value is -4.10. The highest BCUT2D eigenvalue weighted by Crippen LogP contribution is 2.46. The molecule has 0 aliphatic rings. The number of hydrogen-bond donors (Lipinski definition) is 0. The molecule has 1 nitrogen and oxygen atoms in total. The van der Waals surface area contributed by atoms with Crippen LogP contribution in [0.4, 0.5) is 0 Å². The molecular formula is C34H27N. The van der Waals surface area contributed by atoms with E-state index in [1.165, 1.54) is 82.6 Å². The zero-order chi connectivity index (χ0) is 23.8. The van der Waals surface area contributed by atoms with Gasteiger partial charge in [-0.15, -0.1) is 0 Å². The monoisotopic (exact) mass is 449 g/mol. The molecule has 0 bridgehead atoms. The summed E-state index contributed by atoms with van der Waals surface area (Å²) in [5.74, 6) is 0. The molecule has 0 N–H and O–H groups in total. The van der Waals surface area contributed by atoms with Crippen LogP contribution >= 0.6 is 0 Å². The lowest BCUT2D eigenvalue weighted by molar-refractivity contribution is 1.36. The van der Waals surface area contributed by atoms with Crippen LogP contribution in [0.1, 0.15) is 22.3 Å². The van der Waals surface area contributed by atoms with Crippen molar-refractivity contribution in [3.8, 4) is 22.3 Å². The van der Waals surface area contributed by atoms with E-state index in [-0.39, 0.29) is 0 Å². The fraction of sp³-hybridized carbons (Fsp3) is 0.118. The first-order chi connectivity index (χ1) is 17.1. The van der Waals surface area contributed by atoms with Gasteiger partial charge in [-0.1, -0.05) is 78.9 Å². The van der Waals surface area contributed by atoms with E-state index in [0.29, 0.717) is 0 Å². The second-order valence-corrected chi connectivity index (χ2v) is 9.97. The van der Waals surface area contributed by atoms with Gasteiger partial charge in [-0.2, -0.15) is 0 Å². The summed E-state index contributed by atoms with van der Waals surface area (Å²) < 4.78 is 2.50. The summed E-state index contributed by atoms with van der Waals surface area (Å²) in [6.07, 6.45) is 0. The molecule has 7 aromatic rings. The number of para-hydroxylation sites is 1. The van der Waals surface area contributed by atoms with E-state index in [1.807, 2.05) is 0 Å². The molecule has 0 aliphatic heterocycles. The molecule has 0 aliphatic carbocycles. The number of rotatable bonds is 2. The van der Waals surface area contributed by atoms with Crippen LogP contribution in [-0.2, 0) is 0 Å². The second-order valence-electron chi connectivity index (χ2n) is 9.97. The van der Waals surface area contributed by atoms with Crippen LogP contribution < -0.4 is 0 Å². The summed E-state index contributed by atoms with van der Waals surface area (Å²) >= 11 is 0. The minimum absolute atomic E-state index is 1.28. The Bertz CT molecular complexity index is 1760. The van der Waals surface area contributed by atoms with Crippen molar-refractivity contribution < 1.29 is 0 Å². The van der Waals surface area contributed by atoms with Crippen molar-refractivity contribution in [3.63, 3.8) is 0 Å². The molecule has 168 valence electrons. The summed E-state index contributed by atoms with van der Waals surface area (Å²) in [6, 6.07) is 33.7. The molecule has 0 amide bonds. The maximum absolute atomic E-state index is 2.50. The average Bonchev–Trinajstić information content (AvgIpc) is 3.37. The predicted octanol–water partition coefficient (Wildman–Crippen LogP) is 9.40. The second kappa shape index (κ2) is 7.20. The molecule has 1 heteroatoms. The molecular weight excluding hydrogens is 422 g/mol. The first kappa shape index (κ1) is 20.3. The highest BCUT2D eigenvalue weighted by atomic mass is 14.9. The molecule has 2 aromatic heterocycles. The van der Waals surface area contributed by atoms with Crippen LogP contribution in [0.2, 0.25) is 0 Å². The molecule has 5 aromatic carbocycles. The molecule has 35 heavy (non-hydrogen) atoms. The lowest BCUT2D eigenvalue weighted by Gasteiger charge is -2.13. The first-order valence-electron chi connectivity index (χ1n) is 12.4. The van der Waals surface area contributed by atoms with Crippen molar-refractivity contribution in [2.24, 2.45) is 0 Å². The first-order valence-corrected chi connectivity index (χ1v) is 12.4. The van der Waals surface area contributed by atoms with Gasteiger partial charge in [0.1, 0.15) is 0 Å². The average molecular weight is 450 g/mol. The fourth-order valence-electron chi connectivity index (χ4n) is 6.47. The van der Waals surface area contributed by atoms with Gasteiger partial charge in [0.25, 0.3) is 0 Å². The van der Waals surface area contributed by atoms with E-state index in [2.05, 4.69) is 123 Å². The van der Waals surface area contributed by atoms with Crippen molar-refractivity contribution >= 4 is 38.1 Å². The smallest absolute Gasteiger partial charge is 0.0620 e. The van der Waals surface area contributed by atoms with Crippen molar-refractivity contribution in [2.45, 2.75) is 27.7 Å². The van der Waals surface area contributed by atoms with E-state index in [1.54, 1.807) is 0 Å². The minimum atomic E-state index is 1.28. The largest absolute Gasteiger partial charge is 0.308 e. The van der Waals surface area contributed by atoms with Crippen LogP contribution in [-0.4, -0.2) is 4.40 Å². The highest BCUT2D eigenvalue weighted by molar-refractivity contribution is 6.28. The van der Waals surface area contributed by atoms with Crippen LogP contribution in [0.5, 0.6) is 0 Å². The quantitative estimate of drug-likeness (QED) is 0.248. The van der Waals surface area contributed by atoms with Gasteiger partial charge in [-0.3, -0.25) is 0 Å². The van der Waals surface area contributed by atoms with Gasteiger partial charge in [0, 0.05) is 21.5 Å². The van der Waals surface area contributed by atoms with Gasteiger partial charge >= 0.3 is 0 Å². The number of hydrogen-bond acceptors (Lipinski definition) is 0. The maximum Gasteiger partial charge on any atom is 0.0620 e. The summed E-state index contributed by atoms with van der Waals surface area (Å²) in [7, 11) is 0. The van der Waals surface area contributed by atoms with Crippen molar-refractivity contribution in [1.29, 1.82) is 0 Å². The van der Waals surface area contributed by atoms with Gasteiger partial charge < -0.3 is 4.40 Å². The van der Waals surface area contributed by atoms with E-state index < -0.39 is 0 Å². The Labute approximate surface area is 205 Å². The summed E-state index contributed by atoms with van der Waals surface area (Å²) in [5, 5.41) is 5.37. The van der Waals surface area contributed by atoms with Gasteiger partial charge in [0.05, 0.1) is 16.6 Å². The van der Waals surface area contributed by atoms with E-state index in [4.69, 9.17) is 0 Å². The normalized spacial score (nSPS) is 12.0. The van der Waals surface area contributed by atoms with E-state index in [0.717, 1.165) is 0 Å². The van der Waals surface area contributed by atoms with Crippen LogP contribution in [0.15, 0.2) is 91.0 Å². The number of fused-ring (bicyclic) bond motifs is 6. The van der Waals surface area contributed by atoms with Crippen LogP contribution in [0.3, 0.4) is 0 Å². The Kier molecular flexibility index (Phi) is 4.17. The Morgan fingerprint density at radius 3 is 1.23 bits per heavy atom. The molecule has 0 atom stereocenters. The summed E-state index contributed by atoms with van der Waals surface area (Å²) in [6.45, 7) is 8.90.